The number of nitrogens with zero attached hydrogens (tertiary/aromatic N) is 3. The number of nitro groups is 1. The van der Waals surface area contributed by atoms with E-state index >= 15 is 0 Å². The minimum atomic E-state index is -5.22. The molecule has 9 heteroatoms. The fourth-order valence-electron chi connectivity index (χ4n) is 2.26. The Hall–Kier alpha value is -3.15. The molecule has 0 fully saturated rings. The zero-order chi connectivity index (χ0) is 17.4. The molecular formula is C14H8F3N3O3. The zero-order valence-corrected chi connectivity index (χ0v) is 11.6. The summed E-state index contributed by atoms with van der Waals surface area (Å²) in [5.41, 5.74) is -6.13. The maximum Gasteiger partial charge on any atom is 0.424 e. The molecule has 0 unspecified atom stereocenters. The van der Waals surface area contributed by atoms with Crippen LogP contribution in [0.3, 0.4) is 0 Å². The van der Waals surface area contributed by atoms with Gasteiger partial charge in [0.1, 0.15) is 17.3 Å². The van der Waals surface area contributed by atoms with Gasteiger partial charge in [0.15, 0.2) is 5.56 Å². The fourth-order valence-corrected chi connectivity index (χ4v) is 2.26. The van der Waals surface area contributed by atoms with E-state index in [9.17, 15) is 28.1 Å². The summed E-state index contributed by atoms with van der Waals surface area (Å²) in [5.74, 6) is 0. The molecule has 1 heterocycles. The number of hydrogen-bond donors (Lipinski definition) is 0. The Kier molecular flexibility index (Phi) is 3.93. The van der Waals surface area contributed by atoms with Crippen molar-refractivity contribution in [3.8, 4) is 17.3 Å². The number of halogens is 3. The van der Waals surface area contributed by atoms with Gasteiger partial charge in [0, 0.05) is 12.6 Å². The number of nitriles is 1. The lowest BCUT2D eigenvalue weighted by Crippen LogP contribution is -2.28. The Balaban J connectivity index is 3.11. The zero-order valence-electron chi connectivity index (χ0n) is 11.6. The summed E-state index contributed by atoms with van der Waals surface area (Å²) < 4.78 is 40.5. The minimum absolute atomic E-state index is 0.0637. The summed E-state index contributed by atoms with van der Waals surface area (Å²) >= 11 is 0. The van der Waals surface area contributed by atoms with Crippen molar-refractivity contribution in [2.45, 2.75) is 6.18 Å². The largest absolute Gasteiger partial charge is 0.424 e. The van der Waals surface area contributed by atoms with Crippen LogP contribution in [-0.2, 0) is 13.2 Å². The van der Waals surface area contributed by atoms with Crippen LogP contribution in [0.15, 0.2) is 35.1 Å². The Morgan fingerprint density at radius 3 is 2.26 bits per heavy atom. The summed E-state index contributed by atoms with van der Waals surface area (Å²) in [5, 5.41) is 20.1. The lowest BCUT2D eigenvalue weighted by molar-refractivity contribution is -0.387. The van der Waals surface area contributed by atoms with Crippen LogP contribution in [0.1, 0.15) is 11.1 Å². The summed E-state index contributed by atoms with van der Waals surface area (Å²) in [6.07, 6.45) is -5.22. The molecule has 0 N–H and O–H groups in total. The molecule has 1 aromatic carbocycles. The van der Waals surface area contributed by atoms with Gasteiger partial charge in [-0.1, -0.05) is 30.3 Å². The van der Waals surface area contributed by atoms with Crippen molar-refractivity contribution in [1.82, 2.24) is 4.57 Å². The molecule has 0 aliphatic heterocycles. The standard InChI is InChI=1S/C14H8F3N3O3/c1-19-11(8-5-3-2-4-6-8)12(20(22)23)10(14(15,16)17)9(7-18)13(19)21/h2-6H,1H3. The minimum Gasteiger partial charge on any atom is -0.304 e. The van der Waals surface area contributed by atoms with Gasteiger partial charge in [-0.05, 0) is 0 Å². The van der Waals surface area contributed by atoms with Gasteiger partial charge in [-0.3, -0.25) is 14.9 Å². The fraction of sp³-hybridized carbons (Fsp3) is 0.143. The average molecular weight is 323 g/mol. The van der Waals surface area contributed by atoms with Crippen molar-refractivity contribution in [2.24, 2.45) is 7.05 Å². The summed E-state index contributed by atoms with van der Waals surface area (Å²) in [7, 11) is 1.08. The molecule has 0 bridgehead atoms. The average Bonchev–Trinajstić information content (AvgIpc) is 2.48. The smallest absolute Gasteiger partial charge is 0.304 e. The monoisotopic (exact) mass is 323 g/mol. The topological polar surface area (TPSA) is 88.9 Å². The van der Waals surface area contributed by atoms with Crippen molar-refractivity contribution in [2.75, 3.05) is 0 Å². The van der Waals surface area contributed by atoms with E-state index in [1.54, 1.807) is 6.07 Å². The van der Waals surface area contributed by atoms with Crippen molar-refractivity contribution >= 4 is 5.69 Å². The number of hydrogen-bond acceptors (Lipinski definition) is 4. The normalized spacial score (nSPS) is 11.1. The third-order valence-corrected chi connectivity index (χ3v) is 3.19. The second kappa shape index (κ2) is 5.57. The summed E-state index contributed by atoms with van der Waals surface area (Å²) in [6, 6.07) is 8.32. The van der Waals surface area contributed by atoms with Gasteiger partial charge in [0.2, 0.25) is 0 Å². The first-order chi connectivity index (χ1) is 10.7. The van der Waals surface area contributed by atoms with Crippen LogP contribution in [-0.4, -0.2) is 9.49 Å². The Morgan fingerprint density at radius 2 is 1.83 bits per heavy atom. The highest BCUT2D eigenvalue weighted by Crippen LogP contribution is 2.42. The number of pyridine rings is 1. The SMILES string of the molecule is Cn1c(-c2ccccc2)c([N+](=O)[O-])c(C(F)(F)F)c(C#N)c1=O. The first-order valence-corrected chi connectivity index (χ1v) is 6.14. The quantitative estimate of drug-likeness (QED) is 0.628. The van der Waals surface area contributed by atoms with Crippen molar-refractivity contribution in [3.63, 3.8) is 0 Å². The van der Waals surface area contributed by atoms with Gasteiger partial charge < -0.3 is 4.57 Å². The Labute approximate surface area is 127 Å². The van der Waals surface area contributed by atoms with Gasteiger partial charge in [-0.2, -0.15) is 18.4 Å². The first-order valence-electron chi connectivity index (χ1n) is 6.14. The van der Waals surface area contributed by atoms with E-state index in [-0.39, 0.29) is 5.56 Å². The van der Waals surface area contributed by atoms with Crippen LogP contribution in [0.4, 0.5) is 18.9 Å². The molecule has 23 heavy (non-hydrogen) atoms. The maximum atomic E-state index is 13.3. The predicted molar refractivity (Wildman–Crippen MR) is 73.5 cm³/mol. The van der Waals surface area contributed by atoms with Crippen molar-refractivity contribution in [3.05, 3.63) is 61.9 Å². The highest BCUT2D eigenvalue weighted by Gasteiger charge is 2.45. The van der Waals surface area contributed by atoms with Crippen LogP contribution in [0.5, 0.6) is 0 Å². The molecule has 0 radical (unpaired) electrons. The van der Waals surface area contributed by atoms with E-state index in [0.717, 1.165) is 13.1 Å². The van der Waals surface area contributed by atoms with Gasteiger partial charge in [-0.15, -0.1) is 0 Å². The van der Waals surface area contributed by atoms with E-state index in [4.69, 9.17) is 5.26 Å². The second-order valence-corrected chi connectivity index (χ2v) is 4.54. The third kappa shape index (κ3) is 2.66. The van der Waals surface area contributed by atoms with Crippen LogP contribution in [0.25, 0.3) is 11.3 Å². The molecule has 0 spiro atoms. The summed E-state index contributed by atoms with van der Waals surface area (Å²) in [6.45, 7) is 0. The van der Waals surface area contributed by atoms with Crippen LogP contribution in [0.2, 0.25) is 0 Å². The Bertz CT molecular complexity index is 881. The molecule has 0 saturated heterocycles. The summed E-state index contributed by atoms with van der Waals surface area (Å²) in [4.78, 5) is 22.1. The van der Waals surface area contributed by atoms with E-state index in [2.05, 4.69) is 0 Å². The molecule has 2 rings (SSSR count). The molecule has 0 saturated carbocycles. The van der Waals surface area contributed by atoms with Crippen LogP contribution >= 0.6 is 0 Å². The third-order valence-electron chi connectivity index (χ3n) is 3.19. The van der Waals surface area contributed by atoms with Crippen molar-refractivity contribution in [1.29, 1.82) is 5.26 Å². The second-order valence-electron chi connectivity index (χ2n) is 4.54. The van der Waals surface area contributed by atoms with E-state index in [1.807, 2.05) is 0 Å². The molecule has 2 aromatic rings. The van der Waals surface area contributed by atoms with Crippen molar-refractivity contribution < 1.29 is 18.1 Å². The van der Waals surface area contributed by atoms with Crippen LogP contribution in [0, 0.1) is 21.4 Å². The van der Waals surface area contributed by atoms with Crippen LogP contribution < -0.4 is 5.56 Å². The molecule has 0 atom stereocenters. The maximum absolute atomic E-state index is 13.3. The Morgan fingerprint density at radius 1 is 1.26 bits per heavy atom. The molecule has 6 nitrogen and oxygen atoms in total. The van der Waals surface area contributed by atoms with E-state index in [0.29, 0.717) is 4.57 Å². The molecule has 118 valence electrons. The van der Waals surface area contributed by atoms with Gasteiger partial charge in [0.25, 0.3) is 5.56 Å². The first kappa shape index (κ1) is 16.2. The van der Waals surface area contributed by atoms with E-state index in [1.165, 1.54) is 24.3 Å². The predicted octanol–water partition coefficient (Wildman–Crippen LogP) is 2.85. The number of alkyl halides is 3. The molecular weight excluding hydrogens is 315 g/mol. The van der Waals surface area contributed by atoms with Gasteiger partial charge >= 0.3 is 11.9 Å². The lowest BCUT2D eigenvalue weighted by Gasteiger charge is -2.15. The number of rotatable bonds is 2. The number of aromatic nitrogens is 1. The molecule has 0 amide bonds. The molecule has 0 aliphatic carbocycles. The molecule has 1 aromatic heterocycles. The molecule has 0 aliphatic rings. The number of benzene rings is 1. The van der Waals surface area contributed by atoms with Gasteiger partial charge in [0.05, 0.1) is 4.92 Å². The van der Waals surface area contributed by atoms with Gasteiger partial charge in [-0.25, -0.2) is 0 Å². The van der Waals surface area contributed by atoms with E-state index < -0.39 is 39.2 Å². The lowest BCUT2D eigenvalue weighted by atomic mass is 10.0. The highest BCUT2D eigenvalue weighted by atomic mass is 19.4. The highest BCUT2D eigenvalue weighted by molar-refractivity contribution is 5.74.